The first-order valence-electron chi connectivity index (χ1n) is 10.8. The monoisotopic (exact) mass is 480 g/mol. The molecule has 0 fully saturated rings. The number of aromatic nitrogens is 3. The Morgan fingerprint density at radius 3 is 2.49 bits per heavy atom. The van der Waals surface area contributed by atoms with Crippen LogP contribution in [0.4, 0.5) is 8.78 Å². The predicted molar refractivity (Wildman–Crippen MR) is 125 cm³/mol. The number of likely N-dealkylation sites (N-methyl/N-ethyl adjacent to an activating group) is 1. The quantitative estimate of drug-likeness (QED) is 0.465. The highest BCUT2D eigenvalue weighted by Gasteiger charge is 2.31. The average molecular weight is 480 g/mol. The number of carbonyl (C=O) groups excluding carboxylic acids is 1. The average Bonchev–Trinajstić information content (AvgIpc) is 3.47. The van der Waals surface area contributed by atoms with Crippen LogP contribution in [0, 0.1) is 11.6 Å². The molecule has 5 rings (SSSR count). The number of carbonyl (C=O) groups is 1. The second-order valence-electron chi connectivity index (χ2n) is 8.34. The number of rotatable bonds is 5. The molecule has 2 aromatic carbocycles. The maximum Gasteiger partial charge on any atom is 0.263 e. The van der Waals surface area contributed by atoms with Gasteiger partial charge in [-0.3, -0.25) is 14.9 Å². The third-order valence-corrected chi connectivity index (χ3v) is 6.00. The first-order chi connectivity index (χ1) is 16.8. The van der Waals surface area contributed by atoms with Crippen LogP contribution >= 0.6 is 0 Å². The SMILES string of the molecule is COc1cc(OC)c(F)c(-c2cc3[nH]nc(-c4ccc5c(c4)CC(C(=O)N(C)C)O5)c3cn2)c1F. The molecule has 1 unspecified atom stereocenters. The summed E-state index contributed by atoms with van der Waals surface area (Å²) in [5.41, 5.74) is 2.57. The van der Waals surface area contributed by atoms with E-state index >= 15 is 0 Å². The molecule has 8 nitrogen and oxygen atoms in total. The lowest BCUT2D eigenvalue weighted by molar-refractivity contribution is -0.135. The van der Waals surface area contributed by atoms with Crippen molar-refractivity contribution < 1.29 is 27.8 Å². The van der Waals surface area contributed by atoms with Gasteiger partial charge in [0.2, 0.25) is 0 Å². The maximum atomic E-state index is 14.9. The minimum absolute atomic E-state index is 0.0623. The predicted octanol–water partition coefficient (Wildman–Crippen LogP) is 3.98. The summed E-state index contributed by atoms with van der Waals surface area (Å²) in [7, 11) is 5.96. The van der Waals surface area contributed by atoms with Gasteiger partial charge in [-0.1, -0.05) is 0 Å². The van der Waals surface area contributed by atoms with E-state index in [9.17, 15) is 13.6 Å². The van der Waals surface area contributed by atoms with Gasteiger partial charge < -0.3 is 19.1 Å². The van der Waals surface area contributed by atoms with Crippen LogP contribution in [0.2, 0.25) is 0 Å². The fourth-order valence-corrected chi connectivity index (χ4v) is 4.20. The Balaban J connectivity index is 1.53. The Bertz CT molecular complexity index is 1440. The van der Waals surface area contributed by atoms with Crippen molar-refractivity contribution in [3.8, 4) is 39.8 Å². The van der Waals surface area contributed by atoms with E-state index in [4.69, 9.17) is 14.2 Å². The second kappa shape index (κ2) is 8.53. The summed E-state index contributed by atoms with van der Waals surface area (Å²) >= 11 is 0. The smallest absolute Gasteiger partial charge is 0.263 e. The Hall–Kier alpha value is -4.21. The first kappa shape index (κ1) is 22.6. The zero-order valence-corrected chi connectivity index (χ0v) is 19.5. The number of H-pyrrole nitrogens is 1. The number of amides is 1. The number of nitrogens with one attached hydrogen (secondary N) is 1. The molecule has 0 radical (unpaired) electrons. The molecule has 0 bridgehead atoms. The van der Waals surface area contributed by atoms with Gasteiger partial charge in [-0.05, 0) is 29.8 Å². The molecule has 0 saturated heterocycles. The third-order valence-electron chi connectivity index (χ3n) is 6.00. The molecule has 10 heteroatoms. The Kier molecular flexibility index (Phi) is 5.50. The summed E-state index contributed by atoms with van der Waals surface area (Å²) in [6, 6.07) is 8.25. The summed E-state index contributed by atoms with van der Waals surface area (Å²) in [5.74, 6) is -1.50. The largest absolute Gasteiger partial charge is 0.494 e. The van der Waals surface area contributed by atoms with Crippen molar-refractivity contribution in [2.75, 3.05) is 28.3 Å². The molecule has 1 N–H and O–H groups in total. The number of hydrogen-bond donors (Lipinski definition) is 1. The lowest BCUT2D eigenvalue weighted by Crippen LogP contribution is -2.36. The van der Waals surface area contributed by atoms with Gasteiger partial charge in [0.05, 0.1) is 31.0 Å². The maximum absolute atomic E-state index is 14.9. The van der Waals surface area contributed by atoms with Crippen molar-refractivity contribution in [2.45, 2.75) is 12.5 Å². The molecule has 0 spiro atoms. The van der Waals surface area contributed by atoms with Crippen LogP contribution in [0.15, 0.2) is 36.5 Å². The lowest BCUT2D eigenvalue weighted by Gasteiger charge is -2.15. The zero-order valence-electron chi connectivity index (χ0n) is 19.5. The van der Waals surface area contributed by atoms with E-state index in [0.717, 1.165) is 17.2 Å². The van der Waals surface area contributed by atoms with Crippen molar-refractivity contribution in [3.63, 3.8) is 0 Å². The summed E-state index contributed by atoms with van der Waals surface area (Å²) in [6.45, 7) is 0. The van der Waals surface area contributed by atoms with Gasteiger partial charge in [0.25, 0.3) is 5.91 Å². The zero-order chi connectivity index (χ0) is 24.9. The van der Waals surface area contributed by atoms with Crippen LogP contribution in [-0.2, 0) is 11.2 Å². The molecule has 1 aliphatic heterocycles. The van der Waals surface area contributed by atoms with Gasteiger partial charge in [0, 0.05) is 43.7 Å². The number of pyridine rings is 1. The molecule has 1 amide bonds. The van der Waals surface area contributed by atoms with Gasteiger partial charge in [-0.2, -0.15) is 5.10 Å². The standard InChI is InChI=1S/C25H22F2N4O4/c1-31(2)25(32)20-8-13-7-12(5-6-17(13)35-20)24-14-11-28-16(9-15(14)29-30-24)21-22(26)18(33-3)10-19(34-4)23(21)27/h5-7,9-11,20H,8H2,1-4H3,(H,29,30). The van der Waals surface area contributed by atoms with Crippen molar-refractivity contribution in [2.24, 2.45) is 0 Å². The number of hydrogen-bond acceptors (Lipinski definition) is 6. The summed E-state index contributed by atoms with van der Waals surface area (Å²) in [4.78, 5) is 18.1. The van der Waals surface area contributed by atoms with E-state index in [-0.39, 0.29) is 28.7 Å². The molecule has 180 valence electrons. The fourth-order valence-electron chi connectivity index (χ4n) is 4.20. The number of aromatic amines is 1. The molecule has 0 aliphatic carbocycles. The minimum Gasteiger partial charge on any atom is -0.494 e. The lowest BCUT2D eigenvalue weighted by atomic mass is 10.0. The van der Waals surface area contributed by atoms with Crippen LogP contribution in [-0.4, -0.2) is 60.4 Å². The summed E-state index contributed by atoms with van der Waals surface area (Å²) < 4.78 is 45.7. The molecule has 2 aromatic heterocycles. The van der Waals surface area contributed by atoms with Crippen LogP contribution in [0.25, 0.3) is 33.4 Å². The number of ether oxygens (including phenoxy) is 3. The Morgan fingerprint density at radius 2 is 1.83 bits per heavy atom. The number of halogens is 2. The van der Waals surface area contributed by atoms with Gasteiger partial charge in [-0.25, -0.2) is 8.78 Å². The van der Waals surface area contributed by atoms with E-state index in [1.54, 1.807) is 14.1 Å². The Morgan fingerprint density at radius 1 is 1.11 bits per heavy atom. The van der Waals surface area contributed by atoms with Crippen molar-refractivity contribution in [1.82, 2.24) is 20.1 Å². The van der Waals surface area contributed by atoms with E-state index in [0.29, 0.717) is 28.8 Å². The van der Waals surface area contributed by atoms with E-state index < -0.39 is 17.7 Å². The molecule has 0 saturated carbocycles. The van der Waals surface area contributed by atoms with Gasteiger partial charge in [-0.15, -0.1) is 0 Å². The fraction of sp³-hybridized carbons (Fsp3) is 0.240. The van der Waals surface area contributed by atoms with Gasteiger partial charge >= 0.3 is 0 Å². The molecular weight excluding hydrogens is 458 g/mol. The topological polar surface area (TPSA) is 89.6 Å². The van der Waals surface area contributed by atoms with E-state index in [2.05, 4.69) is 15.2 Å². The van der Waals surface area contributed by atoms with Crippen molar-refractivity contribution in [1.29, 1.82) is 0 Å². The van der Waals surface area contributed by atoms with Gasteiger partial charge in [0.15, 0.2) is 29.2 Å². The summed E-state index contributed by atoms with van der Waals surface area (Å²) in [6.07, 6.45) is 1.41. The van der Waals surface area contributed by atoms with E-state index in [1.807, 2.05) is 18.2 Å². The summed E-state index contributed by atoms with van der Waals surface area (Å²) in [5, 5.41) is 7.99. The third kappa shape index (κ3) is 3.71. The number of fused-ring (bicyclic) bond motifs is 2. The minimum atomic E-state index is -0.877. The van der Waals surface area contributed by atoms with Crippen molar-refractivity contribution in [3.05, 3.63) is 53.7 Å². The number of benzene rings is 2. The Labute approximate surface area is 199 Å². The van der Waals surface area contributed by atoms with Gasteiger partial charge in [0.1, 0.15) is 11.4 Å². The van der Waals surface area contributed by atoms with Crippen LogP contribution in [0.5, 0.6) is 17.2 Å². The first-order valence-corrected chi connectivity index (χ1v) is 10.8. The second-order valence-corrected chi connectivity index (χ2v) is 8.34. The molecule has 1 atom stereocenters. The molecular formula is C25H22F2N4O4. The van der Waals surface area contributed by atoms with Crippen molar-refractivity contribution >= 4 is 16.8 Å². The highest BCUT2D eigenvalue weighted by molar-refractivity contribution is 5.94. The number of methoxy groups -OCH3 is 2. The molecule has 1 aliphatic rings. The number of nitrogens with zero attached hydrogens (tertiary/aromatic N) is 3. The van der Waals surface area contributed by atoms with Crippen LogP contribution in [0.1, 0.15) is 5.56 Å². The molecule has 4 aromatic rings. The van der Waals surface area contributed by atoms with Crippen LogP contribution < -0.4 is 14.2 Å². The van der Waals surface area contributed by atoms with Crippen LogP contribution in [0.3, 0.4) is 0 Å². The normalized spacial score (nSPS) is 14.5. The highest BCUT2D eigenvalue weighted by Crippen LogP contribution is 2.39. The molecule has 3 heterocycles. The van der Waals surface area contributed by atoms with E-state index in [1.165, 1.54) is 31.4 Å². The molecule has 35 heavy (non-hydrogen) atoms. The highest BCUT2D eigenvalue weighted by atomic mass is 19.1.